The van der Waals surface area contributed by atoms with E-state index in [2.05, 4.69) is 29.0 Å². The lowest BCUT2D eigenvalue weighted by Gasteiger charge is -2.43. The lowest BCUT2D eigenvalue weighted by atomic mass is 9.90. The van der Waals surface area contributed by atoms with E-state index in [0.29, 0.717) is 19.5 Å². The zero-order chi connectivity index (χ0) is 21.7. The number of rotatable bonds is 6. The molecule has 1 heterocycles. The number of nitrogens with zero attached hydrogens (tertiary/aromatic N) is 2. The van der Waals surface area contributed by atoms with E-state index >= 15 is 0 Å². The Labute approximate surface area is 179 Å². The molecule has 6 nitrogen and oxygen atoms in total. The molecule has 0 unspecified atom stereocenters. The van der Waals surface area contributed by atoms with Gasteiger partial charge in [0, 0.05) is 26.2 Å². The van der Waals surface area contributed by atoms with Gasteiger partial charge in [0.15, 0.2) is 0 Å². The summed E-state index contributed by atoms with van der Waals surface area (Å²) in [5.74, 6) is 0. The Kier molecular flexibility index (Phi) is 7.15. The van der Waals surface area contributed by atoms with Gasteiger partial charge in [0.1, 0.15) is 0 Å². The fourth-order valence-corrected chi connectivity index (χ4v) is 4.89. The van der Waals surface area contributed by atoms with Crippen molar-refractivity contribution in [3.05, 3.63) is 60.2 Å². The van der Waals surface area contributed by atoms with Crippen LogP contribution >= 0.6 is 0 Å². The van der Waals surface area contributed by atoms with Gasteiger partial charge in [0.25, 0.3) is 0 Å². The van der Waals surface area contributed by atoms with Crippen LogP contribution in [0.2, 0.25) is 0 Å². The van der Waals surface area contributed by atoms with Gasteiger partial charge in [0.05, 0.1) is 12.3 Å². The summed E-state index contributed by atoms with van der Waals surface area (Å²) >= 11 is 0. The molecule has 1 aliphatic rings. The Morgan fingerprint density at radius 3 is 2.50 bits per heavy atom. The first-order valence-corrected chi connectivity index (χ1v) is 12.3. The Morgan fingerprint density at radius 1 is 1.13 bits per heavy atom. The maximum atomic E-state index is 13.0. The number of sulfonamides is 1. The van der Waals surface area contributed by atoms with Gasteiger partial charge >= 0.3 is 6.03 Å². The Bertz CT molecular complexity index is 963. The van der Waals surface area contributed by atoms with Crippen LogP contribution in [0.5, 0.6) is 0 Å². The predicted octanol–water partition coefficient (Wildman–Crippen LogP) is 3.35. The topological polar surface area (TPSA) is 69.7 Å². The van der Waals surface area contributed by atoms with E-state index in [9.17, 15) is 13.2 Å². The molecule has 2 amide bonds. The summed E-state index contributed by atoms with van der Waals surface area (Å²) in [7, 11) is -1.60. The zero-order valence-corrected chi connectivity index (χ0v) is 18.7. The highest BCUT2D eigenvalue weighted by molar-refractivity contribution is 7.88. The maximum absolute atomic E-state index is 13.0. The molecule has 7 heteroatoms. The molecule has 0 aromatic heterocycles. The quantitative estimate of drug-likeness (QED) is 0.766. The summed E-state index contributed by atoms with van der Waals surface area (Å²) in [5.41, 5.74) is 3.33. The van der Waals surface area contributed by atoms with Gasteiger partial charge in [-0.05, 0) is 42.9 Å². The summed E-state index contributed by atoms with van der Waals surface area (Å²) < 4.78 is 26.7. The van der Waals surface area contributed by atoms with Crippen molar-refractivity contribution in [2.24, 2.45) is 0 Å². The second-order valence-corrected chi connectivity index (χ2v) is 9.75. The number of hydrogen-bond donors (Lipinski definition) is 1. The third kappa shape index (κ3) is 5.61. The summed E-state index contributed by atoms with van der Waals surface area (Å²) in [6.45, 7) is 3.18. The minimum absolute atomic E-state index is 0.0540. The molecule has 1 aliphatic heterocycles. The van der Waals surface area contributed by atoms with Crippen molar-refractivity contribution < 1.29 is 13.2 Å². The van der Waals surface area contributed by atoms with Crippen LogP contribution in [-0.2, 0) is 16.4 Å². The zero-order valence-electron chi connectivity index (χ0n) is 17.9. The molecule has 162 valence electrons. The monoisotopic (exact) mass is 429 g/mol. The number of carbonyl (C=O) groups excluding carboxylic acids is 1. The Hall–Kier alpha value is -2.38. The van der Waals surface area contributed by atoms with Gasteiger partial charge in [-0.15, -0.1) is 0 Å². The largest absolute Gasteiger partial charge is 0.328 e. The molecule has 1 fully saturated rings. The van der Waals surface area contributed by atoms with Crippen molar-refractivity contribution in [2.45, 2.75) is 38.3 Å². The van der Waals surface area contributed by atoms with E-state index in [1.807, 2.05) is 42.2 Å². The number of carbonyl (C=O) groups is 1. The smallest absolute Gasteiger partial charge is 0.320 e. The lowest BCUT2D eigenvalue weighted by Crippen LogP contribution is -2.59. The number of hydrogen-bond acceptors (Lipinski definition) is 3. The van der Waals surface area contributed by atoms with Crippen LogP contribution in [0.15, 0.2) is 54.6 Å². The van der Waals surface area contributed by atoms with Crippen LogP contribution in [0, 0.1) is 0 Å². The van der Waals surface area contributed by atoms with Gasteiger partial charge in [-0.3, -0.25) is 0 Å². The van der Waals surface area contributed by atoms with Crippen molar-refractivity contribution in [3.63, 3.8) is 0 Å². The molecule has 0 aliphatic carbocycles. The SMILES string of the molecule is CCN(C)C(=O)N1CCC[C@H](NS(C)(=O)=O)[C@@H]1Cc1cccc(-c2ccccc2)c1. The second kappa shape index (κ2) is 9.62. The molecule has 2 aromatic rings. The van der Waals surface area contributed by atoms with Gasteiger partial charge in [-0.1, -0.05) is 54.6 Å². The van der Waals surface area contributed by atoms with Crippen molar-refractivity contribution >= 4 is 16.1 Å². The first kappa shape index (κ1) is 22.3. The highest BCUT2D eigenvalue weighted by atomic mass is 32.2. The maximum Gasteiger partial charge on any atom is 0.320 e. The van der Waals surface area contributed by atoms with Crippen LogP contribution in [0.1, 0.15) is 25.3 Å². The lowest BCUT2D eigenvalue weighted by molar-refractivity contribution is 0.110. The van der Waals surface area contributed by atoms with E-state index < -0.39 is 10.0 Å². The predicted molar refractivity (Wildman–Crippen MR) is 121 cm³/mol. The highest BCUT2D eigenvalue weighted by Crippen LogP contribution is 2.26. The number of piperidine rings is 1. The number of nitrogens with one attached hydrogen (secondary N) is 1. The van der Waals surface area contributed by atoms with Crippen molar-refractivity contribution in [2.75, 3.05) is 26.4 Å². The van der Waals surface area contributed by atoms with E-state index in [-0.39, 0.29) is 18.1 Å². The molecular weight excluding hydrogens is 398 g/mol. The molecule has 1 saturated heterocycles. The Morgan fingerprint density at radius 2 is 1.83 bits per heavy atom. The minimum atomic E-state index is -3.38. The fourth-order valence-electron chi connectivity index (χ4n) is 4.06. The first-order valence-electron chi connectivity index (χ1n) is 10.4. The van der Waals surface area contributed by atoms with Gasteiger partial charge in [-0.25, -0.2) is 17.9 Å². The standard InChI is InChI=1S/C23H31N3O3S/c1-4-25(2)23(27)26-15-9-14-21(24-30(3,28)29)22(26)17-18-10-8-13-20(16-18)19-11-6-5-7-12-19/h5-8,10-13,16,21-22,24H,4,9,14-15,17H2,1-3H3/t21-,22-/m0/s1. The van der Waals surface area contributed by atoms with E-state index in [1.54, 1.807) is 11.9 Å². The third-order valence-corrected chi connectivity index (χ3v) is 6.40. The number of urea groups is 1. The molecule has 2 aromatic carbocycles. The summed E-state index contributed by atoms with van der Waals surface area (Å²) in [5, 5.41) is 0. The van der Waals surface area contributed by atoms with Crippen molar-refractivity contribution in [1.82, 2.24) is 14.5 Å². The van der Waals surface area contributed by atoms with Gasteiger partial charge in [0.2, 0.25) is 10.0 Å². The molecule has 2 atom stereocenters. The normalized spacial score (nSPS) is 19.5. The van der Waals surface area contributed by atoms with Crippen molar-refractivity contribution in [3.8, 4) is 11.1 Å². The molecule has 30 heavy (non-hydrogen) atoms. The van der Waals surface area contributed by atoms with Gasteiger partial charge < -0.3 is 9.80 Å². The van der Waals surface area contributed by atoms with Crippen molar-refractivity contribution in [1.29, 1.82) is 0 Å². The first-order chi connectivity index (χ1) is 14.3. The Balaban J connectivity index is 1.91. The van der Waals surface area contributed by atoms with Crippen LogP contribution in [0.25, 0.3) is 11.1 Å². The third-order valence-electron chi connectivity index (χ3n) is 5.67. The average Bonchev–Trinajstić information content (AvgIpc) is 2.73. The molecule has 0 spiro atoms. The highest BCUT2D eigenvalue weighted by Gasteiger charge is 2.36. The molecular formula is C23H31N3O3S. The minimum Gasteiger partial charge on any atom is -0.328 e. The average molecular weight is 430 g/mol. The summed E-state index contributed by atoms with van der Waals surface area (Å²) in [6, 6.07) is 17.8. The molecule has 3 rings (SSSR count). The van der Waals surface area contributed by atoms with Crippen LogP contribution < -0.4 is 4.72 Å². The van der Waals surface area contributed by atoms with Crippen LogP contribution in [-0.4, -0.2) is 62.7 Å². The second-order valence-electron chi connectivity index (χ2n) is 7.97. The summed E-state index contributed by atoms with van der Waals surface area (Å²) in [6.07, 6.45) is 3.27. The van der Waals surface area contributed by atoms with E-state index in [0.717, 1.165) is 29.5 Å². The number of benzene rings is 2. The summed E-state index contributed by atoms with van der Waals surface area (Å²) in [4.78, 5) is 16.5. The number of amides is 2. The van der Waals surface area contributed by atoms with Crippen LogP contribution in [0.3, 0.4) is 0 Å². The van der Waals surface area contributed by atoms with E-state index in [1.165, 1.54) is 6.26 Å². The number of likely N-dealkylation sites (tertiary alicyclic amines) is 1. The molecule has 0 bridgehead atoms. The molecule has 0 radical (unpaired) electrons. The van der Waals surface area contributed by atoms with E-state index in [4.69, 9.17) is 0 Å². The molecule has 1 N–H and O–H groups in total. The van der Waals surface area contributed by atoms with Gasteiger partial charge in [-0.2, -0.15) is 0 Å². The van der Waals surface area contributed by atoms with Crippen LogP contribution in [0.4, 0.5) is 4.79 Å². The fraction of sp³-hybridized carbons (Fsp3) is 0.435. The molecule has 0 saturated carbocycles.